The van der Waals surface area contributed by atoms with E-state index in [1.807, 2.05) is 36.5 Å². The van der Waals surface area contributed by atoms with Crippen molar-refractivity contribution in [1.82, 2.24) is 9.55 Å². The molecule has 4 rings (SSSR count). The SMILES string of the molecule is CCCCc1ncc(-c2ccccc2Br)n1Cc1ccc(-c2ccccc2C#N)cc1. The van der Waals surface area contributed by atoms with Crippen LogP contribution in [0.1, 0.15) is 36.7 Å². The van der Waals surface area contributed by atoms with Crippen molar-refractivity contribution in [2.75, 3.05) is 0 Å². The number of benzene rings is 3. The predicted molar refractivity (Wildman–Crippen MR) is 130 cm³/mol. The average molecular weight is 470 g/mol. The minimum absolute atomic E-state index is 0.697. The topological polar surface area (TPSA) is 41.6 Å². The smallest absolute Gasteiger partial charge is 0.109 e. The third kappa shape index (κ3) is 4.62. The second-order valence-corrected chi connectivity index (χ2v) is 8.44. The highest BCUT2D eigenvalue weighted by Gasteiger charge is 2.14. The van der Waals surface area contributed by atoms with Gasteiger partial charge in [-0.25, -0.2) is 4.98 Å². The minimum Gasteiger partial charge on any atom is -0.323 e. The lowest BCUT2D eigenvalue weighted by atomic mass is 9.99. The first-order valence-corrected chi connectivity index (χ1v) is 11.4. The highest BCUT2D eigenvalue weighted by atomic mass is 79.9. The summed E-state index contributed by atoms with van der Waals surface area (Å²) in [5.41, 5.74) is 6.21. The van der Waals surface area contributed by atoms with Crippen LogP contribution in [0.5, 0.6) is 0 Å². The first-order valence-electron chi connectivity index (χ1n) is 10.6. The van der Waals surface area contributed by atoms with Crippen LogP contribution in [0.15, 0.2) is 83.5 Å². The quantitative estimate of drug-likeness (QED) is 0.286. The predicted octanol–water partition coefficient (Wildman–Crippen LogP) is 7.24. The first-order chi connectivity index (χ1) is 15.2. The normalized spacial score (nSPS) is 10.7. The van der Waals surface area contributed by atoms with Crippen LogP contribution < -0.4 is 0 Å². The molecule has 0 saturated heterocycles. The lowest BCUT2D eigenvalue weighted by molar-refractivity contribution is 0.681. The lowest BCUT2D eigenvalue weighted by Crippen LogP contribution is -2.07. The fourth-order valence-corrected chi connectivity index (χ4v) is 4.30. The van der Waals surface area contributed by atoms with Crippen LogP contribution in [0.4, 0.5) is 0 Å². The Balaban J connectivity index is 1.68. The molecule has 0 aliphatic rings. The van der Waals surface area contributed by atoms with E-state index in [1.165, 1.54) is 5.56 Å². The molecule has 31 heavy (non-hydrogen) atoms. The van der Waals surface area contributed by atoms with E-state index in [9.17, 15) is 5.26 Å². The molecular weight excluding hydrogens is 446 g/mol. The number of hydrogen-bond acceptors (Lipinski definition) is 2. The number of unbranched alkanes of at least 4 members (excludes halogenated alkanes) is 1. The number of aryl methyl sites for hydroxylation is 1. The van der Waals surface area contributed by atoms with Gasteiger partial charge in [-0.15, -0.1) is 0 Å². The molecule has 4 aromatic rings. The molecule has 0 unspecified atom stereocenters. The van der Waals surface area contributed by atoms with Gasteiger partial charge in [0.25, 0.3) is 0 Å². The molecule has 0 saturated carbocycles. The number of imidazole rings is 1. The zero-order valence-corrected chi connectivity index (χ0v) is 19.1. The highest BCUT2D eigenvalue weighted by molar-refractivity contribution is 9.10. The summed E-state index contributed by atoms with van der Waals surface area (Å²) in [5.74, 6) is 1.12. The van der Waals surface area contributed by atoms with Gasteiger partial charge in [-0.1, -0.05) is 89.9 Å². The van der Waals surface area contributed by atoms with Gasteiger partial charge in [0.05, 0.1) is 23.5 Å². The molecule has 0 N–H and O–H groups in total. The largest absolute Gasteiger partial charge is 0.323 e. The van der Waals surface area contributed by atoms with Crippen molar-refractivity contribution in [1.29, 1.82) is 5.26 Å². The molecule has 154 valence electrons. The summed E-state index contributed by atoms with van der Waals surface area (Å²) in [4.78, 5) is 4.76. The molecule has 4 heteroatoms. The zero-order chi connectivity index (χ0) is 21.6. The summed E-state index contributed by atoms with van der Waals surface area (Å²) in [5, 5.41) is 9.40. The van der Waals surface area contributed by atoms with Crippen molar-refractivity contribution >= 4 is 15.9 Å². The van der Waals surface area contributed by atoms with Gasteiger partial charge in [0.2, 0.25) is 0 Å². The molecule has 0 spiro atoms. The van der Waals surface area contributed by atoms with E-state index in [4.69, 9.17) is 4.98 Å². The van der Waals surface area contributed by atoms with Crippen LogP contribution in [0.25, 0.3) is 22.4 Å². The molecular formula is C27H24BrN3. The molecule has 0 radical (unpaired) electrons. The van der Waals surface area contributed by atoms with Crippen molar-refractivity contribution in [2.45, 2.75) is 32.7 Å². The highest BCUT2D eigenvalue weighted by Crippen LogP contribution is 2.30. The van der Waals surface area contributed by atoms with Crippen LogP contribution in [0.2, 0.25) is 0 Å². The molecule has 1 aromatic heterocycles. The van der Waals surface area contributed by atoms with Crippen molar-refractivity contribution in [3.8, 4) is 28.5 Å². The fraction of sp³-hybridized carbons (Fsp3) is 0.185. The summed E-state index contributed by atoms with van der Waals surface area (Å²) in [6, 6.07) is 26.8. The zero-order valence-electron chi connectivity index (χ0n) is 17.6. The molecule has 0 atom stereocenters. The molecule has 0 fully saturated rings. The maximum absolute atomic E-state index is 9.40. The maximum atomic E-state index is 9.40. The summed E-state index contributed by atoms with van der Waals surface area (Å²) in [7, 11) is 0. The summed E-state index contributed by atoms with van der Waals surface area (Å²) < 4.78 is 3.40. The van der Waals surface area contributed by atoms with Gasteiger partial charge in [-0.3, -0.25) is 0 Å². The van der Waals surface area contributed by atoms with E-state index in [0.29, 0.717) is 5.56 Å². The number of nitrogens with zero attached hydrogens (tertiary/aromatic N) is 3. The molecule has 1 heterocycles. The third-order valence-corrected chi connectivity index (χ3v) is 6.19. The van der Waals surface area contributed by atoms with Crippen LogP contribution in [-0.4, -0.2) is 9.55 Å². The number of nitriles is 1. The van der Waals surface area contributed by atoms with Gasteiger partial charge in [-0.05, 0) is 35.2 Å². The Hall–Kier alpha value is -3.16. The van der Waals surface area contributed by atoms with Gasteiger partial charge in [0.15, 0.2) is 0 Å². The lowest BCUT2D eigenvalue weighted by Gasteiger charge is -2.14. The van der Waals surface area contributed by atoms with Crippen LogP contribution >= 0.6 is 15.9 Å². The van der Waals surface area contributed by atoms with Crippen molar-refractivity contribution < 1.29 is 0 Å². The number of hydrogen-bond donors (Lipinski definition) is 0. The van der Waals surface area contributed by atoms with E-state index in [1.54, 1.807) is 0 Å². The Morgan fingerprint density at radius 2 is 1.65 bits per heavy atom. The van der Waals surface area contributed by atoms with Crippen LogP contribution in [-0.2, 0) is 13.0 Å². The maximum Gasteiger partial charge on any atom is 0.109 e. The van der Waals surface area contributed by atoms with Gasteiger partial charge in [0, 0.05) is 23.0 Å². The second-order valence-electron chi connectivity index (χ2n) is 7.58. The van der Waals surface area contributed by atoms with Gasteiger partial charge in [-0.2, -0.15) is 5.26 Å². The number of aromatic nitrogens is 2. The van der Waals surface area contributed by atoms with E-state index < -0.39 is 0 Å². The fourth-order valence-electron chi connectivity index (χ4n) is 3.81. The number of rotatable bonds is 7. The molecule has 3 aromatic carbocycles. The molecule has 0 amide bonds. The Bertz CT molecular complexity index is 1220. The minimum atomic E-state index is 0.697. The van der Waals surface area contributed by atoms with Crippen molar-refractivity contribution in [3.05, 3.63) is 100 Å². The Morgan fingerprint density at radius 1 is 0.935 bits per heavy atom. The Morgan fingerprint density at radius 3 is 2.35 bits per heavy atom. The summed E-state index contributed by atoms with van der Waals surface area (Å²) >= 11 is 3.70. The van der Waals surface area contributed by atoms with Crippen molar-refractivity contribution in [2.24, 2.45) is 0 Å². The van der Waals surface area contributed by atoms with E-state index >= 15 is 0 Å². The van der Waals surface area contributed by atoms with Crippen LogP contribution in [0.3, 0.4) is 0 Å². The van der Waals surface area contributed by atoms with Crippen LogP contribution in [0, 0.1) is 11.3 Å². The molecule has 3 nitrogen and oxygen atoms in total. The van der Waals surface area contributed by atoms with Gasteiger partial charge in [0.1, 0.15) is 5.82 Å². The van der Waals surface area contributed by atoms with Gasteiger partial charge >= 0.3 is 0 Å². The van der Waals surface area contributed by atoms with E-state index in [-0.39, 0.29) is 0 Å². The first kappa shape index (κ1) is 21.1. The Kier molecular flexibility index (Phi) is 6.64. The molecule has 0 bridgehead atoms. The molecule has 0 aliphatic carbocycles. The third-order valence-electron chi connectivity index (χ3n) is 5.50. The second kappa shape index (κ2) is 9.76. The summed E-state index contributed by atoms with van der Waals surface area (Å²) in [6.45, 7) is 2.97. The Labute approximate surface area is 192 Å². The van der Waals surface area contributed by atoms with E-state index in [2.05, 4.69) is 76.0 Å². The standard InChI is InChI=1S/C27H24BrN3/c1-2-3-12-27-30-18-26(24-10-6-7-11-25(24)28)31(27)19-20-13-15-21(16-14-20)23-9-5-4-8-22(23)17-29/h4-11,13-16,18H,2-3,12,19H2,1H3. The molecule has 0 aliphatic heterocycles. The monoisotopic (exact) mass is 469 g/mol. The van der Waals surface area contributed by atoms with Crippen molar-refractivity contribution in [3.63, 3.8) is 0 Å². The van der Waals surface area contributed by atoms with Gasteiger partial charge < -0.3 is 4.57 Å². The summed E-state index contributed by atoms with van der Waals surface area (Å²) in [6.07, 6.45) is 5.22. The van der Waals surface area contributed by atoms with E-state index in [0.717, 1.165) is 58.5 Å². The average Bonchev–Trinajstić information content (AvgIpc) is 3.20. The number of halogens is 1.